The molecule has 5 saturated carbocycles. The van der Waals surface area contributed by atoms with Crippen LogP contribution >= 0.6 is 0 Å². The molecule has 5 aliphatic carbocycles. The van der Waals surface area contributed by atoms with E-state index in [1.165, 1.54) is 147 Å². The molecule has 2 nitrogen and oxygen atoms in total. The van der Waals surface area contributed by atoms with Crippen molar-refractivity contribution in [2.75, 3.05) is 0 Å². The van der Waals surface area contributed by atoms with Crippen LogP contribution in [0.4, 0.5) is 0 Å². The van der Waals surface area contributed by atoms with Crippen LogP contribution in [0.25, 0.3) is 0 Å². The number of esters is 1. The molecule has 282 valence electrons. The van der Waals surface area contributed by atoms with E-state index in [1.54, 1.807) is 0 Å². The molecular formula is C47H82O2. The Morgan fingerprint density at radius 1 is 0.694 bits per heavy atom. The zero-order valence-corrected chi connectivity index (χ0v) is 34.2. The molecule has 5 fully saturated rings. The molecule has 5 rings (SSSR count). The average molecular weight is 679 g/mol. The lowest BCUT2D eigenvalue weighted by Crippen LogP contribution is -2.58. The Hall–Kier alpha value is -0.790. The molecule has 0 amide bonds. The zero-order valence-electron chi connectivity index (χ0n) is 34.2. The Bertz CT molecular complexity index is 1110. The number of carbonyl (C=O) groups excluding carboxylic acids is 1. The number of rotatable bonds is 20. The monoisotopic (exact) mass is 679 g/mol. The largest absolute Gasteiger partial charge is 0.462 e. The van der Waals surface area contributed by atoms with Gasteiger partial charge in [0.2, 0.25) is 0 Å². The van der Waals surface area contributed by atoms with Gasteiger partial charge in [0.05, 0.1) is 0 Å². The van der Waals surface area contributed by atoms with Crippen LogP contribution in [0, 0.1) is 56.7 Å². The maximum Gasteiger partial charge on any atom is 0.306 e. The van der Waals surface area contributed by atoms with E-state index in [4.69, 9.17) is 4.74 Å². The van der Waals surface area contributed by atoms with E-state index in [0.29, 0.717) is 39.9 Å². The van der Waals surface area contributed by atoms with E-state index >= 15 is 0 Å². The molecule has 0 radical (unpaired) electrons. The van der Waals surface area contributed by atoms with E-state index in [1.807, 2.05) is 0 Å². The van der Waals surface area contributed by atoms with Crippen molar-refractivity contribution < 1.29 is 9.53 Å². The fraction of sp³-hybridized carbons (Fsp3) is 0.936. The summed E-state index contributed by atoms with van der Waals surface area (Å²) in [7, 11) is 0. The fourth-order valence-electron chi connectivity index (χ4n) is 14.0. The van der Waals surface area contributed by atoms with Crippen LogP contribution in [0.15, 0.2) is 12.2 Å². The first kappa shape index (κ1) is 39.4. The number of unbranched alkanes of at least 4 members (excludes halogenated alkanes) is 12. The minimum absolute atomic E-state index is 0.0843. The molecule has 2 heteroatoms. The summed E-state index contributed by atoms with van der Waals surface area (Å²) in [5.41, 5.74) is 3.50. The maximum absolute atomic E-state index is 13.2. The highest BCUT2D eigenvalue weighted by Gasteiger charge is 2.82. The summed E-state index contributed by atoms with van der Waals surface area (Å²) in [5.74, 6) is 4.04. The topological polar surface area (TPSA) is 26.3 Å². The van der Waals surface area contributed by atoms with Gasteiger partial charge in [-0.15, -0.1) is 0 Å². The van der Waals surface area contributed by atoms with Crippen molar-refractivity contribution in [3.63, 3.8) is 0 Å². The van der Waals surface area contributed by atoms with Crippen molar-refractivity contribution in [3.05, 3.63) is 12.2 Å². The van der Waals surface area contributed by atoms with Crippen molar-refractivity contribution in [1.82, 2.24) is 0 Å². The third-order valence-electron chi connectivity index (χ3n) is 17.5. The van der Waals surface area contributed by atoms with Gasteiger partial charge in [-0.05, 0) is 135 Å². The van der Waals surface area contributed by atoms with Crippen molar-refractivity contribution in [2.24, 2.45) is 56.7 Å². The lowest BCUT2D eigenvalue weighted by atomic mass is 9.41. The fourth-order valence-corrected chi connectivity index (χ4v) is 14.0. The molecule has 2 spiro atoms. The number of carbonyl (C=O) groups is 1. The van der Waals surface area contributed by atoms with Crippen LogP contribution in [0.3, 0.4) is 0 Å². The van der Waals surface area contributed by atoms with Crippen molar-refractivity contribution >= 4 is 5.97 Å². The Kier molecular flexibility index (Phi) is 12.9. The third-order valence-corrected chi connectivity index (χ3v) is 17.5. The first-order valence-corrected chi connectivity index (χ1v) is 22.1. The summed E-state index contributed by atoms with van der Waals surface area (Å²) >= 11 is 0. The molecule has 0 bridgehead atoms. The van der Waals surface area contributed by atoms with Gasteiger partial charge in [-0.3, -0.25) is 4.79 Å². The van der Waals surface area contributed by atoms with E-state index in [9.17, 15) is 4.79 Å². The first-order valence-electron chi connectivity index (χ1n) is 22.1. The Labute approximate surface area is 305 Å². The minimum atomic E-state index is 0.0843. The van der Waals surface area contributed by atoms with E-state index in [2.05, 4.69) is 62.0 Å². The molecule has 0 unspecified atom stereocenters. The molecule has 0 N–H and O–H groups in total. The van der Waals surface area contributed by atoms with Crippen LogP contribution in [-0.2, 0) is 9.53 Å². The van der Waals surface area contributed by atoms with Gasteiger partial charge in [-0.1, -0.05) is 138 Å². The third kappa shape index (κ3) is 7.53. The van der Waals surface area contributed by atoms with E-state index in [-0.39, 0.29) is 17.5 Å². The molecule has 10 atom stereocenters. The molecule has 0 aliphatic heterocycles. The smallest absolute Gasteiger partial charge is 0.306 e. The van der Waals surface area contributed by atoms with Gasteiger partial charge >= 0.3 is 5.97 Å². The van der Waals surface area contributed by atoms with Crippen molar-refractivity contribution in [1.29, 1.82) is 0 Å². The first-order chi connectivity index (χ1) is 23.3. The van der Waals surface area contributed by atoms with Crippen LogP contribution in [0.2, 0.25) is 0 Å². The van der Waals surface area contributed by atoms with Crippen LogP contribution in [0.1, 0.15) is 216 Å². The quantitative estimate of drug-likeness (QED) is 0.0728. The van der Waals surface area contributed by atoms with Gasteiger partial charge in [0.25, 0.3) is 0 Å². The molecule has 0 aromatic rings. The molecule has 0 heterocycles. The van der Waals surface area contributed by atoms with Gasteiger partial charge in [-0.25, -0.2) is 0 Å². The van der Waals surface area contributed by atoms with Gasteiger partial charge in [0.15, 0.2) is 0 Å². The van der Waals surface area contributed by atoms with E-state index < -0.39 is 0 Å². The number of hydrogen-bond acceptors (Lipinski definition) is 2. The summed E-state index contributed by atoms with van der Waals surface area (Å²) in [4.78, 5) is 13.2. The van der Waals surface area contributed by atoms with Crippen molar-refractivity contribution in [2.45, 2.75) is 222 Å². The van der Waals surface area contributed by atoms with Crippen LogP contribution in [-0.4, -0.2) is 12.1 Å². The normalized spacial score (nSPS) is 38.4. The summed E-state index contributed by atoms with van der Waals surface area (Å²) < 4.78 is 6.42. The lowest BCUT2D eigenvalue weighted by Gasteiger charge is -2.63. The van der Waals surface area contributed by atoms with E-state index in [0.717, 1.165) is 30.6 Å². The summed E-state index contributed by atoms with van der Waals surface area (Å²) in [6.45, 7) is 24.2. The second-order valence-electron chi connectivity index (χ2n) is 20.3. The zero-order chi connectivity index (χ0) is 35.5. The summed E-state index contributed by atoms with van der Waals surface area (Å²) in [6, 6.07) is 0. The molecule has 0 aromatic heterocycles. The number of allylic oxidation sites excluding steroid dienone is 1. The Balaban J connectivity index is 1.07. The average Bonchev–Trinajstić information content (AvgIpc) is 3.64. The SMILES string of the molecule is C=C(C)[C@H](C)CC[C@@H](C)[C@H]1CC[C@@]2(C)[C@@H]3CC[C@H]4C(C)(C)[C@@H](OC(=O)CCCCCCCCCCCCCCC)CC[C@@]45C[C@@]35CC[C@]12C. The lowest BCUT2D eigenvalue weighted by molar-refractivity contribution is -0.183. The molecular weight excluding hydrogens is 597 g/mol. The Morgan fingerprint density at radius 2 is 1.27 bits per heavy atom. The second-order valence-corrected chi connectivity index (χ2v) is 20.3. The maximum atomic E-state index is 13.2. The predicted molar refractivity (Wildman–Crippen MR) is 209 cm³/mol. The standard InChI is InChI=1S/C47H82O2/c1-10-11-12-13-14-15-16-17-18-19-20-21-22-23-42(48)49-41-29-31-46-34-47(46)33-32-44(8)38(37(5)25-24-36(4)35(2)3)28-30-45(44,9)40(47)27-26-39(46)43(41,6)7/h36-41H,2,10-34H2,1,3-9H3/t36-,37-,38-,39+,40+,41+,44-,45+,46-,47+/m1/s1. The highest BCUT2D eigenvalue weighted by Crippen LogP contribution is 2.89. The van der Waals surface area contributed by atoms with Gasteiger partial charge < -0.3 is 4.74 Å². The van der Waals surface area contributed by atoms with Gasteiger partial charge in [-0.2, -0.15) is 0 Å². The summed E-state index contributed by atoms with van der Waals surface area (Å²) in [6.07, 6.45) is 33.3. The highest BCUT2D eigenvalue weighted by molar-refractivity contribution is 5.69. The number of hydrogen-bond donors (Lipinski definition) is 0. The minimum Gasteiger partial charge on any atom is -0.462 e. The predicted octanol–water partition coefficient (Wildman–Crippen LogP) is 14.4. The van der Waals surface area contributed by atoms with Crippen LogP contribution in [0.5, 0.6) is 0 Å². The van der Waals surface area contributed by atoms with Gasteiger partial charge in [0, 0.05) is 11.8 Å². The second kappa shape index (κ2) is 16.1. The Morgan fingerprint density at radius 3 is 1.88 bits per heavy atom. The van der Waals surface area contributed by atoms with Crippen molar-refractivity contribution in [3.8, 4) is 0 Å². The molecule has 5 aliphatic rings. The molecule has 0 aromatic carbocycles. The number of ether oxygens (including phenoxy) is 1. The number of fused-ring (bicyclic) bond motifs is 2. The highest BCUT2D eigenvalue weighted by atomic mass is 16.5. The summed E-state index contributed by atoms with van der Waals surface area (Å²) in [5, 5.41) is 0. The van der Waals surface area contributed by atoms with Crippen LogP contribution < -0.4 is 0 Å². The van der Waals surface area contributed by atoms with Gasteiger partial charge in [0.1, 0.15) is 6.10 Å². The molecule has 0 saturated heterocycles. The molecule has 49 heavy (non-hydrogen) atoms.